The standard InChI is InChI=1S/C9H10N2/c1-2-6-9-8(4-1)5-3-7-10-11-9/h1-3,6-8H,4-5H2. The summed E-state index contributed by atoms with van der Waals surface area (Å²) in [5.41, 5.74) is 1.12. The number of rotatable bonds is 0. The van der Waals surface area contributed by atoms with Crippen LogP contribution in [0.2, 0.25) is 0 Å². The van der Waals surface area contributed by atoms with Crippen molar-refractivity contribution in [3.8, 4) is 0 Å². The Kier molecular flexibility index (Phi) is 1.68. The number of allylic oxidation sites excluding steroid dienone is 5. The second-order valence-electron chi connectivity index (χ2n) is 2.79. The highest BCUT2D eigenvalue weighted by atomic mass is 15.1. The maximum absolute atomic E-state index is 4.09. The molecule has 1 heterocycles. The van der Waals surface area contributed by atoms with Crippen LogP contribution in [0.4, 0.5) is 0 Å². The minimum atomic E-state index is 0.572. The number of hydrogen-bond donors (Lipinski definition) is 0. The van der Waals surface area contributed by atoms with Gasteiger partial charge in [-0.15, -0.1) is 0 Å². The summed E-state index contributed by atoms with van der Waals surface area (Å²) < 4.78 is 0. The maximum atomic E-state index is 4.09. The van der Waals surface area contributed by atoms with Gasteiger partial charge in [0.1, 0.15) is 0 Å². The van der Waals surface area contributed by atoms with E-state index in [-0.39, 0.29) is 0 Å². The molecular weight excluding hydrogens is 136 g/mol. The van der Waals surface area contributed by atoms with E-state index in [1.807, 2.05) is 6.08 Å². The molecule has 1 unspecified atom stereocenters. The second-order valence-corrected chi connectivity index (χ2v) is 2.79. The van der Waals surface area contributed by atoms with Crippen molar-refractivity contribution >= 4 is 0 Å². The van der Waals surface area contributed by atoms with Crippen LogP contribution in [0.5, 0.6) is 0 Å². The van der Waals surface area contributed by atoms with E-state index in [1.165, 1.54) is 0 Å². The van der Waals surface area contributed by atoms with Crippen molar-refractivity contribution in [3.63, 3.8) is 0 Å². The molecule has 2 aliphatic rings. The summed E-state index contributed by atoms with van der Waals surface area (Å²) in [6.45, 7) is 0. The predicted molar refractivity (Wildman–Crippen MR) is 43.9 cm³/mol. The first-order valence-electron chi connectivity index (χ1n) is 3.89. The van der Waals surface area contributed by atoms with E-state index in [2.05, 4.69) is 28.5 Å². The van der Waals surface area contributed by atoms with E-state index in [9.17, 15) is 0 Å². The third kappa shape index (κ3) is 1.29. The summed E-state index contributed by atoms with van der Waals surface area (Å²) in [7, 11) is 0. The fraction of sp³-hybridized carbons (Fsp3) is 0.333. The van der Waals surface area contributed by atoms with Gasteiger partial charge >= 0.3 is 0 Å². The van der Waals surface area contributed by atoms with Gasteiger partial charge < -0.3 is 0 Å². The van der Waals surface area contributed by atoms with Gasteiger partial charge in [-0.05, 0) is 18.9 Å². The highest BCUT2D eigenvalue weighted by Gasteiger charge is 2.14. The lowest BCUT2D eigenvalue weighted by molar-refractivity contribution is 0.619. The van der Waals surface area contributed by atoms with Crippen LogP contribution in [0, 0.1) is 5.92 Å². The van der Waals surface area contributed by atoms with Crippen molar-refractivity contribution in [2.75, 3.05) is 0 Å². The molecule has 0 aromatic heterocycles. The highest BCUT2D eigenvalue weighted by Crippen LogP contribution is 2.26. The summed E-state index contributed by atoms with van der Waals surface area (Å²) in [4.78, 5) is 0. The zero-order valence-electron chi connectivity index (χ0n) is 6.27. The molecule has 0 aromatic rings. The van der Waals surface area contributed by atoms with E-state index in [0.29, 0.717) is 5.92 Å². The number of azo groups is 1. The Hall–Kier alpha value is -1.18. The van der Waals surface area contributed by atoms with Crippen LogP contribution in [0.1, 0.15) is 12.8 Å². The first kappa shape index (κ1) is 6.53. The predicted octanol–water partition coefficient (Wildman–Crippen LogP) is 2.82. The molecule has 0 spiro atoms. The number of hydrogen-bond acceptors (Lipinski definition) is 2. The zero-order chi connectivity index (χ0) is 7.52. The molecule has 1 atom stereocenters. The Morgan fingerprint density at radius 2 is 2.18 bits per heavy atom. The Balaban J connectivity index is 2.27. The Morgan fingerprint density at radius 3 is 3.18 bits per heavy atom. The average Bonchev–Trinajstić information content (AvgIpc) is 2.28. The molecule has 0 N–H and O–H groups in total. The minimum Gasteiger partial charge on any atom is -0.159 e. The van der Waals surface area contributed by atoms with Crippen LogP contribution in [0.3, 0.4) is 0 Å². The van der Waals surface area contributed by atoms with E-state index in [4.69, 9.17) is 0 Å². The van der Waals surface area contributed by atoms with Crippen LogP contribution < -0.4 is 0 Å². The molecule has 2 nitrogen and oxygen atoms in total. The molecule has 11 heavy (non-hydrogen) atoms. The van der Waals surface area contributed by atoms with Crippen LogP contribution in [-0.2, 0) is 0 Å². The third-order valence-corrected chi connectivity index (χ3v) is 2.01. The van der Waals surface area contributed by atoms with E-state index in [0.717, 1.165) is 18.5 Å². The quantitative estimate of drug-likeness (QED) is 0.502. The molecule has 56 valence electrons. The molecular formula is C9H10N2. The van der Waals surface area contributed by atoms with Gasteiger partial charge in [0.25, 0.3) is 0 Å². The van der Waals surface area contributed by atoms with Gasteiger partial charge in [-0.1, -0.05) is 18.2 Å². The lowest BCUT2D eigenvalue weighted by Crippen LogP contribution is -2.01. The molecule has 2 rings (SSSR count). The van der Waals surface area contributed by atoms with Crippen LogP contribution in [0.25, 0.3) is 0 Å². The van der Waals surface area contributed by atoms with Gasteiger partial charge in [0.15, 0.2) is 0 Å². The highest BCUT2D eigenvalue weighted by molar-refractivity contribution is 5.21. The fourth-order valence-corrected chi connectivity index (χ4v) is 1.37. The number of fused-ring (bicyclic) bond motifs is 1. The SMILES string of the molecule is C1=CCC2CC=CN=NC2=C1. The molecule has 0 radical (unpaired) electrons. The van der Waals surface area contributed by atoms with Gasteiger partial charge in [0.2, 0.25) is 0 Å². The van der Waals surface area contributed by atoms with Gasteiger partial charge in [-0.3, -0.25) is 0 Å². The average molecular weight is 146 g/mol. The van der Waals surface area contributed by atoms with Gasteiger partial charge in [-0.2, -0.15) is 10.2 Å². The smallest absolute Gasteiger partial charge is 0.0667 e. The van der Waals surface area contributed by atoms with Crippen molar-refractivity contribution in [2.45, 2.75) is 12.8 Å². The molecule has 0 amide bonds. The van der Waals surface area contributed by atoms with Crippen molar-refractivity contribution < 1.29 is 0 Å². The zero-order valence-corrected chi connectivity index (χ0v) is 6.27. The maximum Gasteiger partial charge on any atom is 0.0667 e. The molecule has 2 heteroatoms. The molecule has 0 bridgehead atoms. The van der Waals surface area contributed by atoms with Gasteiger partial charge in [0, 0.05) is 12.1 Å². The van der Waals surface area contributed by atoms with E-state index >= 15 is 0 Å². The van der Waals surface area contributed by atoms with Crippen LogP contribution in [0.15, 0.2) is 46.4 Å². The van der Waals surface area contributed by atoms with Crippen molar-refractivity contribution in [3.05, 3.63) is 36.2 Å². The Morgan fingerprint density at radius 1 is 1.27 bits per heavy atom. The Bertz CT molecular complexity index is 257. The molecule has 1 aliphatic heterocycles. The monoisotopic (exact) mass is 146 g/mol. The molecule has 0 saturated heterocycles. The molecule has 0 fully saturated rings. The minimum absolute atomic E-state index is 0.572. The van der Waals surface area contributed by atoms with Gasteiger partial charge in [-0.25, -0.2) is 0 Å². The molecule has 0 aromatic carbocycles. The van der Waals surface area contributed by atoms with Gasteiger partial charge in [0.05, 0.1) is 5.70 Å². The second kappa shape index (κ2) is 2.82. The van der Waals surface area contributed by atoms with E-state index in [1.54, 1.807) is 6.20 Å². The lowest BCUT2D eigenvalue weighted by Gasteiger charge is -2.13. The summed E-state index contributed by atoms with van der Waals surface area (Å²) in [5.74, 6) is 0.572. The number of nitrogens with zero attached hydrogens (tertiary/aromatic N) is 2. The summed E-state index contributed by atoms with van der Waals surface area (Å²) in [6, 6.07) is 0. The van der Waals surface area contributed by atoms with Crippen LogP contribution in [-0.4, -0.2) is 0 Å². The Labute approximate surface area is 66.0 Å². The van der Waals surface area contributed by atoms with E-state index < -0.39 is 0 Å². The first-order valence-corrected chi connectivity index (χ1v) is 3.89. The molecule has 0 saturated carbocycles. The van der Waals surface area contributed by atoms with Crippen molar-refractivity contribution in [2.24, 2.45) is 16.1 Å². The largest absolute Gasteiger partial charge is 0.159 e. The normalized spacial score (nSPS) is 27.6. The lowest BCUT2D eigenvalue weighted by atomic mass is 9.94. The summed E-state index contributed by atoms with van der Waals surface area (Å²) >= 11 is 0. The molecule has 1 aliphatic carbocycles. The fourth-order valence-electron chi connectivity index (χ4n) is 1.37. The summed E-state index contributed by atoms with van der Waals surface area (Å²) in [6.07, 6.45) is 12.3. The van der Waals surface area contributed by atoms with Crippen molar-refractivity contribution in [1.29, 1.82) is 0 Å². The third-order valence-electron chi connectivity index (χ3n) is 2.01. The summed E-state index contributed by atoms with van der Waals surface area (Å²) in [5, 5.41) is 7.99. The van der Waals surface area contributed by atoms with Crippen LogP contribution >= 0.6 is 0 Å². The first-order chi connectivity index (χ1) is 5.47. The van der Waals surface area contributed by atoms with Crippen molar-refractivity contribution in [1.82, 2.24) is 0 Å². The topological polar surface area (TPSA) is 24.7 Å².